The van der Waals surface area contributed by atoms with Crippen LogP contribution in [0.5, 0.6) is 5.75 Å². The molecule has 3 heteroatoms. The van der Waals surface area contributed by atoms with Gasteiger partial charge in [-0.2, -0.15) is 0 Å². The maximum absolute atomic E-state index is 13.8. The quantitative estimate of drug-likeness (QED) is 0.859. The van der Waals surface area contributed by atoms with Gasteiger partial charge in [-0.05, 0) is 55.0 Å². The fourth-order valence-corrected chi connectivity index (χ4v) is 2.98. The van der Waals surface area contributed by atoms with Crippen molar-refractivity contribution < 1.29 is 9.13 Å². The van der Waals surface area contributed by atoms with Crippen molar-refractivity contribution >= 4 is 0 Å². The molecule has 0 radical (unpaired) electrons. The number of rotatable bonds is 6. The number of hydrogen-bond acceptors (Lipinski definition) is 2. The summed E-state index contributed by atoms with van der Waals surface area (Å²) in [5.41, 5.74) is 2.38. The van der Waals surface area contributed by atoms with Crippen LogP contribution in [0.2, 0.25) is 0 Å². The Morgan fingerprint density at radius 3 is 2.68 bits per heavy atom. The SMILES string of the molecule is COc1ccc(C(C)NCC2CC2c2ccccc2)cc1F. The van der Waals surface area contributed by atoms with Crippen molar-refractivity contribution in [3.8, 4) is 5.75 Å². The Morgan fingerprint density at radius 1 is 1.23 bits per heavy atom. The molecule has 3 atom stereocenters. The van der Waals surface area contributed by atoms with E-state index in [0.717, 1.165) is 12.1 Å². The first-order chi connectivity index (χ1) is 10.7. The van der Waals surface area contributed by atoms with Gasteiger partial charge in [0.2, 0.25) is 0 Å². The monoisotopic (exact) mass is 299 g/mol. The third-order valence-corrected chi connectivity index (χ3v) is 4.51. The summed E-state index contributed by atoms with van der Waals surface area (Å²) in [7, 11) is 1.48. The van der Waals surface area contributed by atoms with Gasteiger partial charge in [-0.15, -0.1) is 0 Å². The Bertz CT molecular complexity index is 629. The van der Waals surface area contributed by atoms with Crippen LogP contribution >= 0.6 is 0 Å². The molecule has 1 aliphatic rings. The first-order valence-electron chi connectivity index (χ1n) is 7.81. The number of methoxy groups -OCH3 is 1. The third-order valence-electron chi connectivity index (χ3n) is 4.51. The molecule has 0 bridgehead atoms. The predicted molar refractivity (Wildman–Crippen MR) is 86.7 cm³/mol. The largest absolute Gasteiger partial charge is 0.494 e. The van der Waals surface area contributed by atoms with Crippen LogP contribution in [-0.4, -0.2) is 13.7 Å². The van der Waals surface area contributed by atoms with E-state index in [1.807, 2.05) is 6.07 Å². The van der Waals surface area contributed by atoms with Crippen molar-refractivity contribution in [1.82, 2.24) is 5.32 Å². The van der Waals surface area contributed by atoms with Crippen molar-refractivity contribution in [2.24, 2.45) is 5.92 Å². The van der Waals surface area contributed by atoms with Gasteiger partial charge in [0.25, 0.3) is 0 Å². The topological polar surface area (TPSA) is 21.3 Å². The lowest BCUT2D eigenvalue weighted by Gasteiger charge is -2.15. The van der Waals surface area contributed by atoms with Gasteiger partial charge in [-0.25, -0.2) is 4.39 Å². The van der Waals surface area contributed by atoms with Gasteiger partial charge < -0.3 is 10.1 Å². The van der Waals surface area contributed by atoms with Crippen molar-refractivity contribution in [2.75, 3.05) is 13.7 Å². The van der Waals surface area contributed by atoms with Crippen LogP contribution in [0.3, 0.4) is 0 Å². The first-order valence-corrected chi connectivity index (χ1v) is 7.81. The maximum atomic E-state index is 13.8. The number of benzene rings is 2. The molecule has 1 saturated carbocycles. The molecular formula is C19H22FNO. The van der Waals surface area contributed by atoms with Crippen molar-refractivity contribution in [2.45, 2.75) is 25.3 Å². The number of nitrogens with one attached hydrogen (secondary N) is 1. The fourth-order valence-electron chi connectivity index (χ4n) is 2.98. The van der Waals surface area contributed by atoms with Gasteiger partial charge >= 0.3 is 0 Å². The minimum atomic E-state index is -0.303. The third kappa shape index (κ3) is 3.30. The molecular weight excluding hydrogens is 277 g/mol. The molecule has 2 aromatic rings. The molecule has 1 fully saturated rings. The summed E-state index contributed by atoms with van der Waals surface area (Å²) < 4.78 is 18.7. The Balaban J connectivity index is 1.53. The normalized spacial score (nSPS) is 21.4. The summed E-state index contributed by atoms with van der Waals surface area (Å²) in [6, 6.07) is 15.9. The van der Waals surface area contributed by atoms with Crippen molar-refractivity contribution in [3.63, 3.8) is 0 Å². The molecule has 2 aromatic carbocycles. The van der Waals surface area contributed by atoms with E-state index < -0.39 is 0 Å². The Morgan fingerprint density at radius 2 is 2.00 bits per heavy atom. The van der Waals surface area contributed by atoms with Gasteiger partial charge in [0.05, 0.1) is 7.11 Å². The van der Waals surface area contributed by atoms with Crippen LogP contribution in [0.1, 0.15) is 36.4 Å². The first kappa shape index (κ1) is 15.0. The van der Waals surface area contributed by atoms with E-state index in [-0.39, 0.29) is 11.9 Å². The molecule has 0 spiro atoms. The van der Waals surface area contributed by atoms with E-state index in [0.29, 0.717) is 17.6 Å². The van der Waals surface area contributed by atoms with Crippen molar-refractivity contribution in [3.05, 3.63) is 65.5 Å². The highest BCUT2D eigenvalue weighted by molar-refractivity contribution is 5.31. The summed E-state index contributed by atoms with van der Waals surface area (Å²) in [6.07, 6.45) is 1.24. The molecule has 3 unspecified atom stereocenters. The maximum Gasteiger partial charge on any atom is 0.165 e. The summed E-state index contributed by atoms with van der Waals surface area (Å²) in [4.78, 5) is 0. The minimum Gasteiger partial charge on any atom is -0.494 e. The summed E-state index contributed by atoms with van der Waals surface area (Å²) in [5, 5.41) is 3.52. The highest BCUT2D eigenvalue weighted by atomic mass is 19.1. The second-order valence-corrected chi connectivity index (χ2v) is 6.04. The molecule has 0 aromatic heterocycles. The van der Waals surface area contributed by atoms with Gasteiger partial charge in [0.15, 0.2) is 11.6 Å². The van der Waals surface area contributed by atoms with Gasteiger partial charge in [0, 0.05) is 6.04 Å². The molecule has 0 amide bonds. The second-order valence-electron chi connectivity index (χ2n) is 6.04. The molecule has 2 nitrogen and oxygen atoms in total. The average molecular weight is 299 g/mol. The predicted octanol–water partition coefficient (Wildman–Crippen LogP) is 4.29. The van der Waals surface area contributed by atoms with E-state index >= 15 is 0 Å². The van der Waals surface area contributed by atoms with Gasteiger partial charge in [0.1, 0.15) is 0 Å². The number of halogens is 1. The van der Waals surface area contributed by atoms with Crippen LogP contribution in [0.15, 0.2) is 48.5 Å². The zero-order chi connectivity index (χ0) is 15.5. The standard InChI is InChI=1S/C19H22FNO/c1-13(15-8-9-19(22-2)18(20)11-15)21-12-16-10-17(16)14-6-4-3-5-7-14/h3-9,11,13,16-17,21H,10,12H2,1-2H3. The number of ether oxygens (including phenoxy) is 1. The molecule has 1 N–H and O–H groups in total. The second kappa shape index (κ2) is 6.49. The van der Waals surface area contributed by atoms with Crippen molar-refractivity contribution in [1.29, 1.82) is 0 Å². The lowest BCUT2D eigenvalue weighted by molar-refractivity contribution is 0.385. The zero-order valence-electron chi connectivity index (χ0n) is 13.1. The van der Waals surface area contributed by atoms with E-state index in [4.69, 9.17) is 4.74 Å². The zero-order valence-corrected chi connectivity index (χ0v) is 13.1. The van der Waals surface area contributed by atoms with E-state index in [2.05, 4.69) is 42.6 Å². The highest BCUT2D eigenvalue weighted by Gasteiger charge is 2.37. The van der Waals surface area contributed by atoms with Crippen LogP contribution in [-0.2, 0) is 0 Å². The highest BCUT2D eigenvalue weighted by Crippen LogP contribution is 2.47. The molecule has 0 saturated heterocycles. The molecule has 0 aliphatic heterocycles. The van der Waals surface area contributed by atoms with E-state index in [9.17, 15) is 4.39 Å². The summed E-state index contributed by atoms with van der Waals surface area (Å²) in [5.74, 6) is 1.35. The molecule has 22 heavy (non-hydrogen) atoms. The van der Waals surface area contributed by atoms with Crippen LogP contribution in [0.4, 0.5) is 4.39 Å². The Labute approximate surface area is 131 Å². The lowest BCUT2D eigenvalue weighted by atomic mass is 10.1. The smallest absolute Gasteiger partial charge is 0.165 e. The fraction of sp³-hybridized carbons (Fsp3) is 0.368. The van der Waals surface area contributed by atoms with Crippen LogP contribution < -0.4 is 10.1 Å². The van der Waals surface area contributed by atoms with E-state index in [1.165, 1.54) is 19.1 Å². The van der Waals surface area contributed by atoms with Gasteiger partial charge in [-0.3, -0.25) is 0 Å². The summed E-state index contributed by atoms with van der Waals surface area (Å²) in [6.45, 7) is 3.04. The summed E-state index contributed by atoms with van der Waals surface area (Å²) >= 11 is 0. The average Bonchev–Trinajstić information content (AvgIpc) is 3.33. The number of hydrogen-bond donors (Lipinski definition) is 1. The van der Waals surface area contributed by atoms with E-state index in [1.54, 1.807) is 12.1 Å². The Hall–Kier alpha value is -1.87. The molecule has 0 heterocycles. The molecule has 116 valence electrons. The van der Waals surface area contributed by atoms with Gasteiger partial charge in [-0.1, -0.05) is 36.4 Å². The lowest BCUT2D eigenvalue weighted by Crippen LogP contribution is -2.21. The minimum absolute atomic E-state index is 0.137. The van der Waals surface area contributed by atoms with Crippen LogP contribution in [0, 0.1) is 11.7 Å². The molecule has 1 aliphatic carbocycles. The van der Waals surface area contributed by atoms with Crippen LogP contribution in [0.25, 0.3) is 0 Å². The Kier molecular flexibility index (Phi) is 4.44. The molecule has 3 rings (SSSR count).